The Kier molecular flexibility index (Phi) is 8.28. The summed E-state index contributed by atoms with van der Waals surface area (Å²) < 4.78 is 99.5. The predicted molar refractivity (Wildman–Crippen MR) is 133 cm³/mol. The lowest BCUT2D eigenvalue weighted by atomic mass is 10.2. The van der Waals surface area contributed by atoms with E-state index in [0.717, 1.165) is 29.7 Å². The van der Waals surface area contributed by atoms with E-state index in [1.54, 1.807) is 37.3 Å². The summed E-state index contributed by atoms with van der Waals surface area (Å²) in [6.45, 7) is 1.59. The van der Waals surface area contributed by atoms with E-state index in [1.165, 1.54) is 12.1 Å². The molecule has 13 heteroatoms. The summed E-state index contributed by atoms with van der Waals surface area (Å²) in [5, 5.41) is 0.838. The van der Waals surface area contributed by atoms with Gasteiger partial charge in [-0.15, -0.1) is 0 Å². The third kappa shape index (κ3) is 7.57. The van der Waals surface area contributed by atoms with Crippen LogP contribution in [0.5, 0.6) is 0 Å². The fourth-order valence-corrected chi connectivity index (χ4v) is 5.03. The maximum atomic E-state index is 13.1. The van der Waals surface area contributed by atoms with Crippen molar-refractivity contribution < 1.29 is 39.5 Å². The van der Waals surface area contributed by atoms with E-state index < -0.39 is 42.7 Å². The number of ether oxygens (including phenoxy) is 1. The third-order valence-electron chi connectivity index (χ3n) is 4.74. The van der Waals surface area contributed by atoms with Crippen LogP contribution in [0.15, 0.2) is 83.1 Å². The highest BCUT2D eigenvalue weighted by Gasteiger charge is 2.32. The average Bonchev–Trinajstić information content (AvgIpc) is 2.84. The van der Waals surface area contributed by atoms with Crippen LogP contribution in [0.1, 0.15) is 28.4 Å². The molecule has 0 aromatic heterocycles. The molecular formula is C24H21F3N2O6S2. The van der Waals surface area contributed by atoms with Crippen molar-refractivity contribution in [3.05, 3.63) is 94.9 Å². The molecule has 0 unspecified atom stereocenters. The molecule has 37 heavy (non-hydrogen) atoms. The van der Waals surface area contributed by atoms with Gasteiger partial charge in [0.1, 0.15) is 0 Å². The van der Waals surface area contributed by atoms with Crippen molar-refractivity contribution >= 4 is 43.5 Å². The van der Waals surface area contributed by atoms with Crippen molar-refractivity contribution in [3.8, 4) is 0 Å². The Balaban J connectivity index is 2.00. The van der Waals surface area contributed by atoms with Gasteiger partial charge in [-0.1, -0.05) is 36.4 Å². The lowest BCUT2D eigenvalue weighted by Crippen LogP contribution is -2.18. The zero-order chi connectivity index (χ0) is 27.3. The number of rotatable bonds is 9. The molecule has 0 saturated carbocycles. The summed E-state index contributed by atoms with van der Waals surface area (Å²) in [7, 11) is -8.81. The van der Waals surface area contributed by atoms with E-state index in [4.69, 9.17) is 4.74 Å². The molecule has 0 aliphatic rings. The van der Waals surface area contributed by atoms with Crippen LogP contribution >= 0.6 is 0 Å². The topological polar surface area (TPSA) is 119 Å². The predicted octanol–water partition coefficient (Wildman–Crippen LogP) is 5.10. The van der Waals surface area contributed by atoms with Gasteiger partial charge < -0.3 is 4.74 Å². The monoisotopic (exact) mass is 554 g/mol. The minimum atomic E-state index is -4.78. The van der Waals surface area contributed by atoms with Crippen molar-refractivity contribution in [2.75, 3.05) is 16.1 Å². The van der Waals surface area contributed by atoms with Gasteiger partial charge in [0, 0.05) is 0 Å². The number of carbonyl (C=O) groups excluding carboxylic acids is 1. The van der Waals surface area contributed by atoms with Gasteiger partial charge in [-0.05, 0) is 55.0 Å². The summed E-state index contributed by atoms with van der Waals surface area (Å²) >= 11 is 0. The van der Waals surface area contributed by atoms with Crippen LogP contribution < -0.4 is 9.44 Å². The molecule has 2 N–H and O–H groups in total. The van der Waals surface area contributed by atoms with E-state index in [0.29, 0.717) is 17.7 Å². The van der Waals surface area contributed by atoms with Gasteiger partial charge in [-0.2, -0.15) is 13.2 Å². The molecule has 0 spiro atoms. The highest BCUT2D eigenvalue weighted by atomic mass is 32.2. The number of halogens is 3. The SMILES string of the molecule is CCOC(=O)c1ccc(NS(=O)(=O)c2cccc(C(F)(F)F)c2)c(NS(=O)(=O)C=Cc2ccccc2)c1. The van der Waals surface area contributed by atoms with Gasteiger partial charge in [0.2, 0.25) is 0 Å². The molecule has 0 radical (unpaired) electrons. The summed E-state index contributed by atoms with van der Waals surface area (Å²) in [5.41, 5.74) is -1.38. The third-order valence-corrected chi connectivity index (χ3v) is 7.10. The molecule has 0 atom stereocenters. The molecule has 0 amide bonds. The number of esters is 1. The number of sulfonamides is 2. The molecule has 0 heterocycles. The number of alkyl halides is 3. The maximum absolute atomic E-state index is 13.1. The normalized spacial score (nSPS) is 12.3. The second-order valence-electron chi connectivity index (χ2n) is 7.47. The van der Waals surface area contributed by atoms with Crippen LogP contribution in [0.3, 0.4) is 0 Å². The van der Waals surface area contributed by atoms with Crippen molar-refractivity contribution in [1.82, 2.24) is 0 Å². The number of benzene rings is 3. The fourth-order valence-electron chi connectivity index (χ4n) is 3.02. The van der Waals surface area contributed by atoms with E-state index in [2.05, 4.69) is 9.44 Å². The van der Waals surface area contributed by atoms with Crippen molar-refractivity contribution in [3.63, 3.8) is 0 Å². The Hall–Kier alpha value is -3.84. The molecule has 3 aromatic rings. The Labute approximate surface area is 211 Å². The Morgan fingerprint density at radius 1 is 0.892 bits per heavy atom. The van der Waals surface area contributed by atoms with Crippen LogP contribution in [0.4, 0.5) is 24.5 Å². The van der Waals surface area contributed by atoms with Crippen molar-refractivity contribution in [2.24, 2.45) is 0 Å². The largest absolute Gasteiger partial charge is 0.462 e. The van der Waals surface area contributed by atoms with Gasteiger partial charge in [-0.3, -0.25) is 9.44 Å². The van der Waals surface area contributed by atoms with Crippen molar-refractivity contribution in [2.45, 2.75) is 18.0 Å². The average molecular weight is 555 g/mol. The summed E-state index contributed by atoms with van der Waals surface area (Å²) in [6.07, 6.45) is -3.48. The van der Waals surface area contributed by atoms with Gasteiger partial charge in [0.05, 0.1) is 39.4 Å². The first kappa shape index (κ1) is 27.7. The molecule has 196 valence electrons. The molecule has 3 aromatic carbocycles. The quantitative estimate of drug-likeness (QED) is 0.356. The molecule has 0 fully saturated rings. The number of hydrogen-bond donors (Lipinski definition) is 2. The number of hydrogen-bond acceptors (Lipinski definition) is 6. The molecular weight excluding hydrogens is 533 g/mol. The lowest BCUT2D eigenvalue weighted by molar-refractivity contribution is -0.137. The zero-order valence-electron chi connectivity index (χ0n) is 19.2. The van der Waals surface area contributed by atoms with Gasteiger partial charge in [0.15, 0.2) is 0 Å². The molecule has 0 bridgehead atoms. The summed E-state index contributed by atoms with van der Waals surface area (Å²) in [4.78, 5) is 11.5. The minimum absolute atomic E-state index is 0.0314. The van der Waals surface area contributed by atoms with Crippen molar-refractivity contribution in [1.29, 1.82) is 0 Å². The van der Waals surface area contributed by atoms with Crippen LogP contribution in [-0.2, 0) is 31.0 Å². The lowest BCUT2D eigenvalue weighted by Gasteiger charge is -2.15. The first-order valence-electron chi connectivity index (χ1n) is 10.6. The molecule has 3 rings (SSSR count). The van der Waals surface area contributed by atoms with Gasteiger partial charge in [0.25, 0.3) is 20.0 Å². The van der Waals surface area contributed by atoms with Gasteiger partial charge in [-0.25, -0.2) is 21.6 Å². The Morgan fingerprint density at radius 2 is 1.59 bits per heavy atom. The van der Waals surface area contributed by atoms with Crippen LogP contribution in [0.2, 0.25) is 0 Å². The molecule has 8 nitrogen and oxygen atoms in total. The van der Waals surface area contributed by atoms with E-state index in [9.17, 15) is 34.8 Å². The maximum Gasteiger partial charge on any atom is 0.416 e. The van der Waals surface area contributed by atoms with E-state index >= 15 is 0 Å². The fraction of sp³-hybridized carbons (Fsp3) is 0.125. The van der Waals surface area contributed by atoms with Crippen LogP contribution in [0, 0.1) is 0 Å². The van der Waals surface area contributed by atoms with Crippen LogP contribution in [-0.4, -0.2) is 29.4 Å². The van der Waals surface area contributed by atoms with E-state index in [1.807, 2.05) is 0 Å². The number of nitrogens with one attached hydrogen (secondary N) is 2. The summed E-state index contributed by atoms with van der Waals surface area (Å²) in [6, 6.07) is 14.8. The molecule has 0 aliphatic carbocycles. The summed E-state index contributed by atoms with van der Waals surface area (Å²) in [5.74, 6) is -0.796. The second-order valence-corrected chi connectivity index (χ2v) is 10.7. The highest BCUT2D eigenvalue weighted by Crippen LogP contribution is 2.32. The number of carbonyl (C=O) groups is 1. The first-order valence-corrected chi connectivity index (χ1v) is 13.6. The standard InChI is InChI=1S/C24H21F3N2O6S2/c1-2-35-23(30)18-11-12-21(29-37(33,34)20-10-6-9-19(16-20)24(25,26)27)22(15-18)28-36(31,32)14-13-17-7-4-3-5-8-17/h3-16,28-29H,2H2,1H3. The second kappa shape index (κ2) is 11.0. The Bertz CT molecular complexity index is 1520. The molecule has 0 saturated heterocycles. The van der Waals surface area contributed by atoms with Crippen LogP contribution in [0.25, 0.3) is 6.08 Å². The zero-order valence-corrected chi connectivity index (χ0v) is 20.8. The van der Waals surface area contributed by atoms with Gasteiger partial charge >= 0.3 is 12.1 Å². The Morgan fingerprint density at radius 3 is 2.24 bits per heavy atom. The smallest absolute Gasteiger partial charge is 0.416 e. The minimum Gasteiger partial charge on any atom is -0.462 e. The molecule has 0 aliphatic heterocycles. The van der Waals surface area contributed by atoms with E-state index in [-0.39, 0.29) is 23.5 Å². The number of anilines is 2. The first-order chi connectivity index (χ1) is 17.3. The highest BCUT2D eigenvalue weighted by molar-refractivity contribution is 7.95.